The Labute approximate surface area is 169 Å². The molecule has 0 aliphatic heterocycles. The number of aryl methyl sites for hydroxylation is 2. The fraction of sp³-hybridized carbons (Fsp3) is 0.261. The molecule has 1 amide bonds. The second kappa shape index (κ2) is 9.19. The fourth-order valence-corrected chi connectivity index (χ4v) is 3.21. The van der Waals surface area contributed by atoms with Gasteiger partial charge in [-0.3, -0.25) is 4.79 Å². The summed E-state index contributed by atoms with van der Waals surface area (Å²) in [5, 5.41) is 9.58. The van der Waals surface area contributed by atoms with Crippen LogP contribution in [0.1, 0.15) is 23.6 Å². The molecule has 2 aromatic carbocycles. The SMILES string of the molecule is Cc1nc(CCC(=O)N(C)C(Cc2ccccc2)C(=O)O)oc1-c1ccccc1. The second-order valence-electron chi connectivity index (χ2n) is 6.94. The van der Waals surface area contributed by atoms with Gasteiger partial charge in [-0.25, -0.2) is 9.78 Å². The number of carbonyl (C=O) groups excluding carboxylic acids is 1. The number of oxazole rings is 1. The number of hydrogen-bond acceptors (Lipinski definition) is 4. The Hall–Kier alpha value is -3.41. The maximum atomic E-state index is 12.6. The van der Waals surface area contributed by atoms with Crippen LogP contribution in [0.2, 0.25) is 0 Å². The van der Waals surface area contributed by atoms with Gasteiger partial charge in [0.1, 0.15) is 6.04 Å². The topological polar surface area (TPSA) is 83.6 Å². The molecule has 1 heterocycles. The van der Waals surface area contributed by atoms with E-state index in [1.165, 1.54) is 11.9 Å². The van der Waals surface area contributed by atoms with Crippen molar-refractivity contribution in [3.63, 3.8) is 0 Å². The number of benzene rings is 2. The van der Waals surface area contributed by atoms with Gasteiger partial charge in [0.25, 0.3) is 0 Å². The molecule has 1 atom stereocenters. The molecule has 0 aliphatic carbocycles. The Morgan fingerprint density at radius 2 is 1.69 bits per heavy atom. The lowest BCUT2D eigenvalue weighted by atomic mass is 10.0. The molecule has 0 saturated heterocycles. The number of carboxylic acids is 1. The first kappa shape index (κ1) is 20.3. The summed E-state index contributed by atoms with van der Waals surface area (Å²) in [6.45, 7) is 1.86. The van der Waals surface area contributed by atoms with Crippen LogP contribution in [0.5, 0.6) is 0 Å². The largest absolute Gasteiger partial charge is 0.480 e. The van der Waals surface area contributed by atoms with Gasteiger partial charge in [0, 0.05) is 31.9 Å². The lowest BCUT2D eigenvalue weighted by Gasteiger charge is -2.25. The maximum Gasteiger partial charge on any atom is 0.326 e. The van der Waals surface area contributed by atoms with Crippen LogP contribution in [-0.4, -0.2) is 40.0 Å². The van der Waals surface area contributed by atoms with Crippen molar-refractivity contribution in [3.05, 3.63) is 77.8 Å². The number of rotatable bonds is 8. The third-order valence-corrected chi connectivity index (χ3v) is 4.85. The van der Waals surface area contributed by atoms with Crippen molar-refractivity contribution >= 4 is 11.9 Å². The smallest absolute Gasteiger partial charge is 0.326 e. The quantitative estimate of drug-likeness (QED) is 0.631. The average molecular weight is 392 g/mol. The first-order chi connectivity index (χ1) is 14.0. The molecule has 6 heteroatoms. The average Bonchev–Trinajstić information content (AvgIpc) is 3.11. The highest BCUT2D eigenvalue weighted by Gasteiger charge is 2.27. The molecule has 0 fully saturated rings. The van der Waals surface area contributed by atoms with Crippen LogP contribution in [0.25, 0.3) is 11.3 Å². The molecule has 0 aliphatic rings. The van der Waals surface area contributed by atoms with Gasteiger partial charge in [0.2, 0.25) is 5.91 Å². The van der Waals surface area contributed by atoms with Crippen LogP contribution >= 0.6 is 0 Å². The van der Waals surface area contributed by atoms with E-state index in [1.54, 1.807) is 0 Å². The van der Waals surface area contributed by atoms with Crippen LogP contribution in [0, 0.1) is 6.92 Å². The molecule has 0 bridgehead atoms. The van der Waals surface area contributed by atoms with E-state index in [1.807, 2.05) is 67.6 Å². The minimum atomic E-state index is -1.02. The number of aliphatic carboxylic acids is 1. The Morgan fingerprint density at radius 1 is 1.07 bits per heavy atom. The number of likely N-dealkylation sites (N-methyl/N-ethyl adjacent to an activating group) is 1. The summed E-state index contributed by atoms with van der Waals surface area (Å²) < 4.78 is 5.84. The Bertz CT molecular complexity index is 967. The van der Waals surface area contributed by atoms with E-state index in [9.17, 15) is 14.7 Å². The van der Waals surface area contributed by atoms with Crippen molar-refractivity contribution in [2.45, 2.75) is 32.2 Å². The van der Waals surface area contributed by atoms with Gasteiger partial charge < -0.3 is 14.4 Å². The minimum Gasteiger partial charge on any atom is -0.480 e. The molecule has 1 unspecified atom stereocenters. The summed E-state index contributed by atoms with van der Waals surface area (Å²) in [4.78, 5) is 30.0. The molecule has 3 aromatic rings. The molecule has 150 valence electrons. The predicted molar refractivity (Wildman–Crippen MR) is 109 cm³/mol. The number of nitrogens with zero attached hydrogens (tertiary/aromatic N) is 2. The lowest BCUT2D eigenvalue weighted by molar-refractivity contribution is -0.149. The monoisotopic (exact) mass is 392 g/mol. The molecular formula is C23H24N2O4. The van der Waals surface area contributed by atoms with Crippen molar-refractivity contribution in [1.29, 1.82) is 0 Å². The Balaban J connectivity index is 1.64. The van der Waals surface area contributed by atoms with Crippen LogP contribution in [-0.2, 0) is 22.4 Å². The highest BCUT2D eigenvalue weighted by Crippen LogP contribution is 2.24. The third kappa shape index (κ3) is 5.10. The highest BCUT2D eigenvalue weighted by molar-refractivity contribution is 5.83. The van der Waals surface area contributed by atoms with Crippen molar-refractivity contribution in [2.24, 2.45) is 0 Å². The van der Waals surface area contributed by atoms with Crippen molar-refractivity contribution in [2.75, 3.05) is 7.05 Å². The summed E-state index contributed by atoms with van der Waals surface area (Å²) in [5.41, 5.74) is 2.57. The van der Waals surface area contributed by atoms with E-state index in [4.69, 9.17) is 4.42 Å². The first-order valence-corrected chi connectivity index (χ1v) is 9.50. The van der Waals surface area contributed by atoms with Gasteiger partial charge in [-0.05, 0) is 12.5 Å². The number of carbonyl (C=O) groups is 2. The zero-order valence-electron chi connectivity index (χ0n) is 16.5. The molecule has 0 radical (unpaired) electrons. The molecule has 29 heavy (non-hydrogen) atoms. The number of hydrogen-bond donors (Lipinski definition) is 1. The van der Waals surface area contributed by atoms with Gasteiger partial charge in [-0.15, -0.1) is 0 Å². The van der Waals surface area contributed by atoms with E-state index in [0.717, 1.165) is 16.8 Å². The minimum absolute atomic E-state index is 0.128. The summed E-state index contributed by atoms with van der Waals surface area (Å²) in [6.07, 6.45) is 0.701. The summed E-state index contributed by atoms with van der Waals surface area (Å²) in [6, 6.07) is 18.0. The van der Waals surface area contributed by atoms with Gasteiger partial charge in [0.15, 0.2) is 11.7 Å². The van der Waals surface area contributed by atoms with Crippen LogP contribution in [0.15, 0.2) is 65.1 Å². The first-order valence-electron chi connectivity index (χ1n) is 9.50. The number of amides is 1. The standard InChI is InChI=1S/C23H24N2O4/c1-16-22(18-11-7-4-8-12-18)29-20(24-16)13-14-21(26)25(2)19(23(27)28)15-17-9-5-3-6-10-17/h3-12,19H,13-15H2,1-2H3,(H,27,28). The predicted octanol–water partition coefficient (Wildman–Crippen LogP) is 3.74. The number of aromatic nitrogens is 1. The van der Waals surface area contributed by atoms with E-state index in [2.05, 4.69) is 4.98 Å². The lowest BCUT2D eigenvalue weighted by Crippen LogP contribution is -2.43. The van der Waals surface area contributed by atoms with E-state index >= 15 is 0 Å². The number of carboxylic acid groups (broad SMARTS) is 1. The zero-order chi connectivity index (χ0) is 20.8. The second-order valence-corrected chi connectivity index (χ2v) is 6.94. The summed E-state index contributed by atoms with van der Waals surface area (Å²) in [5.74, 6) is -0.125. The van der Waals surface area contributed by atoms with Crippen molar-refractivity contribution in [1.82, 2.24) is 9.88 Å². The molecule has 6 nitrogen and oxygen atoms in total. The van der Waals surface area contributed by atoms with E-state index in [-0.39, 0.29) is 18.7 Å². The van der Waals surface area contributed by atoms with Crippen LogP contribution in [0.3, 0.4) is 0 Å². The summed E-state index contributed by atoms with van der Waals surface area (Å²) >= 11 is 0. The van der Waals surface area contributed by atoms with E-state index < -0.39 is 12.0 Å². The maximum absolute atomic E-state index is 12.6. The molecule has 1 aromatic heterocycles. The normalized spacial score (nSPS) is 11.8. The van der Waals surface area contributed by atoms with Crippen molar-refractivity contribution in [3.8, 4) is 11.3 Å². The molecular weight excluding hydrogens is 368 g/mol. The van der Waals surface area contributed by atoms with Gasteiger partial charge in [-0.1, -0.05) is 60.7 Å². The Morgan fingerprint density at radius 3 is 2.31 bits per heavy atom. The molecule has 0 saturated carbocycles. The zero-order valence-corrected chi connectivity index (χ0v) is 16.5. The summed E-state index contributed by atoms with van der Waals surface area (Å²) in [7, 11) is 1.53. The van der Waals surface area contributed by atoms with Gasteiger partial charge >= 0.3 is 5.97 Å². The fourth-order valence-electron chi connectivity index (χ4n) is 3.21. The molecule has 3 rings (SSSR count). The Kier molecular flexibility index (Phi) is 6.44. The van der Waals surface area contributed by atoms with Crippen LogP contribution in [0.4, 0.5) is 0 Å². The van der Waals surface area contributed by atoms with Gasteiger partial charge in [0.05, 0.1) is 5.69 Å². The van der Waals surface area contributed by atoms with Crippen LogP contribution < -0.4 is 0 Å². The third-order valence-electron chi connectivity index (χ3n) is 4.85. The van der Waals surface area contributed by atoms with Gasteiger partial charge in [-0.2, -0.15) is 0 Å². The van der Waals surface area contributed by atoms with E-state index in [0.29, 0.717) is 18.1 Å². The van der Waals surface area contributed by atoms with Crippen molar-refractivity contribution < 1.29 is 19.1 Å². The molecule has 1 N–H and O–H groups in total. The molecule has 0 spiro atoms. The highest BCUT2D eigenvalue weighted by atomic mass is 16.4.